The molecule has 0 aliphatic rings. The van der Waals surface area contributed by atoms with Crippen LogP contribution in [0, 0.1) is 10.1 Å². The van der Waals surface area contributed by atoms with Crippen LogP contribution in [0.2, 0.25) is 0 Å². The van der Waals surface area contributed by atoms with Crippen LogP contribution in [0.4, 0.5) is 22.7 Å². The van der Waals surface area contributed by atoms with Gasteiger partial charge in [0.25, 0.3) is 17.5 Å². The van der Waals surface area contributed by atoms with Crippen LogP contribution in [-0.4, -0.2) is 29.8 Å². The van der Waals surface area contributed by atoms with Crippen molar-refractivity contribution < 1.29 is 14.5 Å². The molecule has 0 radical (unpaired) electrons. The van der Waals surface area contributed by atoms with Crippen molar-refractivity contribution in [3.8, 4) is 0 Å². The Kier molecular flexibility index (Phi) is 7.17. The first kappa shape index (κ1) is 22.5. The van der Waals surface area contributed by atoms with E-state index >= 15 is 0 Å². The number of non-ortho nitro benzene ring substituents is 1. The third-order valence-corrected chi connectivity index (χ3v) is 5.01. The molecule has 164 valence electrons. The molecule has 0 unspecified atom stereocenters. The molecule has 3 aromatic rings. The predicted molar refractivity (Wildman–Crippen MR) is 125 cm³/mol. The van der Waals surface area contributed by atoms with E-state index in [1.54, 1.807) is 24.3 Å². The first-order valence-corrected chi connectivity index (χ1v) is 10.2. The lowest BCUT2D eigenvalue weighted by Gasteiger charge is -2.21. The highest BCUT2D eigenvalue weighted by molar-refractivity contribution is 6.12. The third kappa shape index (κ3) is 5.28. The summed E-state index contributed by atoms with van der Waals surface area (Å²) in [6.07, 6.45) is 0. The molecule has 0 spiro atoms. The maximum Gasteiger partial charge on any atom is 0.269 e. The Balaban J connectivity index is 1.73. The average molecular weight is 432 g/mol. The minimum absolute atomic E-state index is 0.103. The number of hydrogen-bond acceptors (Lipinski definition) is 5. The van der Waals surface area contributed by atoms with E-state index in [1.807, 2.05) is 24.3 Å². The number of rotatable bonds is 8. The minimum Gasteiger partial charge on any atom is -0.372 e. The maximum atomic E-state index is 12.9. The average Bonchev–Trinajstić information content (AvgIpc) is 2.81. The van der Waals surface area contributed by atoms with Crippen LogP contribution in [0.15, 0.2) is 72.8 Å². The Morgan fingerprint density at radius 1 is 0.844 bits per heavy atom. The van der Waals surface area contributed by atoms with E-state index in [0.29, 0.717) is 16.9 Å². The van der Waals surface area contributed by atoms with Gasteiger partial charge in [0.1, 0.15) is 0 Å². The number of nitro benzene ring substituents is 1. The van der Waals surface area contributed by atoms with Gasteiger partial charge in [-0.05, 0) is 62.4 Å². The van der Waals surface area contributed by atoms with Crippen molar-refractivity contribution in [2.45, 2.75) is 13.8 Å². The number of carbonyl (C=O) groups excluding carboxylic acids is 2. The number of anilines is 3. The zero-order chi connectivity index (χ0) is 23.1. The molecule has 0 saturated carbocycles. The lowest BCUT2D eigenvalue weighted by atomic mass is 10.1. The lowest BCUT2D eigenvalue weighted by molar-refractivity contribution is -0.384. The third-order valence-electron chi connectivity index (χ3n) is 5.01. The van der Waals surface area contributed by atoms with Crippen LogP contribution in [-0.2, 0) is 0 Å². The number of nitrogens with one attached hydrogen (secondary N) is 2. The molecule has 0 aliphatic carbocycles. The lowest BCUT2D eigenvalue weighted by Crippen LogP contribution is -2.21. The standard InChI is InChI=1S/C24H24N4O4/c1-3-27(4-2)19-15-11-18(12-16-19)25-24(30)21-7-5-6-8-22(21)26-23(29)17-9-13-20(14-10-17)28(31)32/h5-16H,3-4H2,1-2H3,(H,25,30)(H,26,29). The molecule has 0 atom stereocenters. The quantitative estimate of drug-likeness (QED) is 0.387. The molecule has 0 bridgehead atoms. The van der Waals surface area contributed by atoms with Crippen molar-refractivity contribution in [2.24, 2.45) is 0 Å². The fourth-order valence-corrected chi connectivity index (χ4v) is 3.26. The van der Waals surface area contributed by atoms with Crippen LogP contribution in [0.1, 0.15) is 34.6 Å². The predicted octanol–water partition coefficient (Wildman–Crippen LogP) is 4.95. The van der Waals surface area contributed by atoms with Crippen molar-refractivity contribution in [3.63, 3.8) is 0 Å². The van der Waals surface area contributed by atoms with Gasteiger partial charge in [-0.3, -0.25) is 19.7 Å². The molecule has 32 heavy (non-hydrogen) atoms. The van der Waals surface area contributed by atoms with Gasteiger partial charge in [-0.25, -0.2) is 0 Å². The summed E-state index contributed by atoms with van der Waals surface area (Å²) < 4.78 is 0. The van der Waals surface area contributed by atoms with Gasteiger partial charge < -0.3 is 15.5 Å². The number of para-hydroxylation sites is 1. The van der Waals surface area contributed by atoms with E-state index in [0.717, 1.165) is 18.8 Å². The summed E-state index contributed by atoms with van der Waals surface area (Å²) in [6, 6.07) is 19.5. The summed E-state index contributed by atoms with van der Waals surface area (Å²) >= 11 is 0. The van der Waals surface area contributed by atoms with Gasteiger partial charge in [0.2, 0.25) is 0 Å². The summed E-state index contributed by atoms with van der Waals surface area (Å²) in [5, 5.41) is 16.3. The fraction of sp³-hybridized carbons (Fsp3) is 0.167. The minimum atomic E-state index is -0.532. The molecule has 0 aliphatic heterocycles. The highest BCUT2D eigenvalue weighted by atomic mass is 16.6. The molecule has 0 saturated heterocycles. The smallest absolute Gasteiger partial charge is 0.269 e. The molecule has 3 rings (SSSR count). The topological polar surface area (TPSA) is 105 Å². The van der Waals surface area contributed by atoms with E-state index < -0.39 is 10.8 Å². The number of nitro groups is 1. The second-order valence-electron chi connectivity index (χ2n) is 6.98. The van der Waals surface area contributed by atoms with Crippen LogP contribution >= 0.6 is 0 Å². The largest absolute Gasteiger partial charge is 0.372 e. The Morgan fingerprint density at radius 2 is 1.47 bits per heavy atom. The summed E-state index contributed by atoms with van der Waals surface area (Å²) in [4.78, 5) is 37.9. The number of benzene rings is 3. The van der Waals surface area contributed by atoms with Gasteiger partial charge in [-0.15, -0.1) is 0 Å². The van der Waals surface area contributed by atoms with Crippen molar-refractivity contribution in [2.75, 3.05) is 28.6 Å². The zero-order valence-corrected chi connectivity index (χ0v) is 17.9. The molecule has 2 amide bonds. The molecule has 8 heteroatoms. The Hall–Kier alpha value is -4.20. The molecule has 0 fully saturated rings. The normalized spacial score (nSPS) is 10.3. The fourth-order valence-electron chi connectivity index (χ4n) is 3.26. The highest BCUT2D eigenvalue weighted by Crippen LogP contribution is 2.21. The molecule has 0 heterocycles. The first-order chi connectivity index (χ1) is 15.4. The summed E-state index contributed by atoms with van der Waals surface area (Å²) in [6.45, 7) is 5.95. The van der Waals surface area contributed by atoms with Crippen molar-refractivity contribution in [3.05, 3.63) is 94.0 Å². The Bertz CT molecular complexity index is 1110. The number of nitrogens with zero attached hydrogens (tertiary/aromatic N) is 2. The molecule has 0 aromatic heterocycles. The van der Waals surface area contributed by atoms with Crippen molar-refractivity contribution in [1.29, 1.82) is 0 Å². The molecule has 2 N–H and O–H groups in total. The second-order valence-corrected chi connectivity index (χ2v) is 6.98. The van der Waals surface area contributed by atoms with Crippen LogP contribution in [0.5, 0.6) is 0 Å². The molecule has 3 aromatic carbocycles. The van der Waals surface area contributed by atoms with Gasteiger partial charge in [-0.1, -0.05) is 12.1 Å². The van der Waals surface area contributed by atoms with Gasteiger partial charge in [0.05, 0.1) is 16.2 Å². The maximum absolute atomic E-state index is 12.9. The molecule has 8 nitrogen and oxygen atoms in total. The molecular formula is C24H24N4O4. The Labute approximate surface area is 186 Å². The van der Waals surface area contributed by atoms with Crippen LogP contribution in [0.3, 0.4) is 0 Å². The molecular weight excluding hydrogens is 408 g/mol. The van der Waals surface area contributed by atoms with E-state index in [9.17, 15) is 19.7 Å². The van der Waals surface area contributed by atoms with E-state index in [2.05, 4.69) is 29.4 Å². The van der Waals surface area contributed by atoms with Gasteiger partial charge in [0, 0.05) is 42.2 Å². The highest BCUT2D eigenvalue weighted by Gasteiger charge is 2.15. The van der Waals surface area contributed by atoms with E-state index in [4.69, 9.17) is 0 Å². The number of amides is 2. The van der Waals surface area contributed by atoms with Gasteiger partial charge in [0.15, 0.2) is 0 Å². The van der Waals surface area contributed by atoms with Crippen LogP contribution < -0.4 is 15.5 Å². The zero-order valence-electron chi connectivity index (χ0n) is 17.9. The van der Waals surface area contributed by atoms with Gasteiger partial charge in [-0.2, -0.15) is 0 Å². The summed E-state index contributed by atoms with van der Waals surface area (Å²) in [7, 11) is 0. The van der Waals surface area contributed by atoms with E-state index in [-0.39, 0.29) is 17.2 Å². The first-order valence-electron chi connectivity index (χ1n) is 10.2. The summed E-state index contributed by atoms with van der Waals surface area (Å²) in [5.41, 5.74) is 2.50. The van der Waals surface area contributed by atoms with Crippen LogP contribution in [0.25, 0.3) is 0 Å². The van der Waals surface area contributed by atoms with E-state index in [1.165, 1.54) is 24.3 Å². The Morgan fingerprint density at radius 3 is 2.06 bits per heavy atom. The van der Waals surface area contributed by atoms with Gasteiger partial charge >= 0.3 is 0 Å². The second kappa shape index (κ2) is 10.2. The SMILES string of the molecule is CCN(CC)c1ccc(NC(=O)c2ccccc2NC(=O)c2ccc([N+](=O)[O-])cc2)cc1. The van der Waals surface area contributed by atoms with Crippen molar-refractivity contribution in [1.82, 2.24) is 0 Å². The monoisotopic (exact) mass is 432 g/mol. The van der Waals surface area contributed by atoms with Crippen molar-refractivity contribution >= 4 is 34.6 Å². The number of hydrogen-bond donors (Lipinski definition) is 2. The summed E-state index contributed by atoms with van der Waals surface area (Å²) in [5.74, 6) is -0.830. The number of carbonyl (C=O) groups is 2.